The number of carbonyl (C=O) groups is 3. The number of carbonyl (C=O) groups excluding carboxylic acids is 2. The molecule has 3 rings (SSSR count). The SMILES string of the molecule is NCCCCCC(=O)N[C@H](C[C@@H](Cc1ccc(-c2cc(Cl)ccc2F)cc1)NC(=O)C1CNNN1)C(=O)O. The van der Waals surface area contributed by atoms with Crippen LogP contribution >= 0.6 is 11.6 Å². The van der Waals surface area contributed by atoms with Crippen LogP contribution in [0.4, 0.5) is 4.39 Å². The van der Waals surface area contributed by atoms with Gasteiger partial charge in [0.05, 0.1) is 0 Å². The Kier molecular flexibility index (Phi) is 11.4. The number of carboxylic acid groups (broad SMARTS) is 1. The summed E-state index contributed by atoms with van der Waals surface area (Å²) >= 11 is 6.02. The standard InChI is InChI=1S/C26H34ClFN6O4/c27-18-9-10-21(28)20(13-18)17-7-5-16(6-8-17)12-19(31-25(36)23-15-30-34-33-23)14-22(26(37)38)32-24(35)4-2-1-3-11-29/h5-10,13,19,22-23,30,33-34H,1-4,11-12,14-15,29H2,(H,31,36)(H,32,35)(H,37,38)/t19-,22-,23?/m1/s1. The van der Waals surface area contributed by atoms with Crippen molar-refractivity contribution in [1.82, 2.24) is 27.0 Å². The van der Waals surface area contributed by atoms with E-state index in [0.717, 1.165) is 18.4 Å². The van der Waals surface area contributed by atoms with Gasteiger partial charge in [0.2, 0.25) is 11.8 Å². The molecule has 0 saturated carbocycles. The number of carboxylic acids is 1. The zero-order valence-electron chi connectivity index (χ0n) is 20.9. The highest BCUT2D eigenvalue weighted by molar-refractivity contribution is 6.30. The molecule has 10 nitrogen and oxygen atoms in total. The molecule has 0 aliphatic carbocycles. The quantitative estimate of drug-likeness (QED) is 0.176. The van der Waals surface area contributed by atoms with Gasteiger partial charge in [0.15, 0.2) is 0 Å². The number of hydrazine groups is 2. The third kappa shape index (κ3) is 9.03. The van der Waals surface area contributed by atoms with Gasteiger partial charge in [-0.3, -0.25) is 9.59 Å². The number of rotatable bonds is 14. The molecule has 1 saturated heterocycles. The second-order valence-electron chi connectivity index (χ2n) is 9.23. The lowest BCUT2D eigenvalue weighted by atomic mass is 9.96. The van der Waals surface area contributed by atoms with Crippen molar-refractivity contribution in [3.63, 3.8) is 0 Å². The van der Waals surface area contributed by atoms with Crippen LogP contribution in [0.3, 0.4) is 0 Å². The van der Waals surface area contributed by atoms with Crippen LogP contribution in [0.2, 0.25) is 5.02 Å². The van der Waals surface area contributed by atoms with Crippen LogP contribution in [0.1, 0.15) is 37.7 Å². The first-order valence-corrected chi connectivity index (χ1v) is 12.9. The van der Waals surface area contributed by atoms with Crippen molar-refractivity contribution in [2.24, 2.45) is 5.73 Å². The first-order valence-electron chi connectivity index (χ1n) is 12.6. The van der Waals surface area contributed by atoms with Crippen molar-refractivity contribution in [2.45, 2.75) is 56.7 Å². The largest absolute Gasteiger partial charge is 0.480 e. The summed E-state index contributed by atoms with van der Waals surface area (Å²) in [5, 5.41) is 15.7. The Morgan fingerprint density at radius 3 is 2.53 bits per heavy atom. The monoisotopic (exact) mass is 548 g/mol. The molecule has 1 aliphatic rings. The number of nitrogens with two attached hydrogens (primary N) is 1. The summed E-state index contributed by atoms with van der Waals surface area (Å²) < 4.78 is 14.3. The van der Waals surface area contributed by atoms with Crippen molar-refractivity contribution >= 4 is 29.4 Å². The summed E-state index contributed by atoms with van der Waals surface area (Å²) in [6.45, 7) is 0.886. The molecule has 0 radical (unpaired) electrons. The molecule has 38 heavy (non-hydrogen) atoms. The zero-order valence-corrected chi connectivity index (χ0v) is 21.7. The van der Waals surface area contributed by atoms with Gasteiger partial charge in [0.1, 0.15) is 17.9 Å². The summed E-state index contributed by atoms with van der Waals surface area (Å²) in [6, 6.07) is 9.05. The second-order valence-corrected chi connectivity index (χ2v) is 9.66. The Hall–Kier alpha value is -3.09. The number of amides is 2. The topological polar surface area (TPSA) is 158 Å². The van der Waals surface area contributed by atoms with Gasteiger partial charge >= 0.3 is 5.97 Å². The molecule has 2 amide bonds. The summed E-state index contributed by atoms with van der Waals surface area (Å²) in [5.41, 5.74) is 15.5. The number of aliphatic carboxylic acids is 1. The van der Waals surface area contributed by atoms with Crippen molar-refractivity contribution in [1.29, 1.82) is 0 Å². The Balaban J connectivity index is 1.72. The average molecular weight is 549 g/mol. The first kappa shape index (κ1) is 29.5. The van der Waals surface area contributed by atoms with Crippen molar-refractivity contribution in [3.05, 3.63) is 58.9 Å². The maximum atomic E-state index is 14.3. The third-order valence-corrected chi connectivity index (χ3v) is 6.48. The molecule has 0 bridgehead atoms. The summed E-state index contributed by atoms with van der Waals surface area (Å²) in [4.78, 5) is 37.1. The lowest BCUT2D eigenvalue weighted by Crippen LogP contribution is -2.51. The number of halogens is 2. The minimum Gasteiger partial charge on any atom is -0.480 e. The Bertz CT molecular complexity index is 1100. The van der Waals surface area contributed by atoms with E-state index in [0.29, 0.717) is 42.1 Å². The highest BCUT2D eigenvalue weighted by Crippen LogP contribution is 2.26. The molecule has 1 aliphatic heterocycles. The van der Waals surface area contributed by atoms with Gasteiger partial charge in [-0.1, -0.05) is 42.3 Å². The van der Waals surface area contributed by atoms with Crippen molar-refractivity contribution in [3.8, 4) is 11.1 Å². The molecule has 12 heteroatoms. The summed E-state index contributed by atoms with van der Waals surface area (Å²) in [6.07, 6.45) is 2.67. The normalized spacial score (nSPS) is 16.6. The summed E-state index contributed by atoms with van der Waals surface area (Å²) in [5.74, 6) is -2.27. The number of nitrogens with one attached hydrogen (secondary N) is 5. The van der Waals surface area contributed by atoms with Gasteiger partial charge in [-0.2, -0.15) is 5.53 Å². The molecule has 0 aromatic heterocycles. The minimum atomic E-state index is -1.19. The van der Waals surface area contributed by atoms with Crippen molar-refractivity contribution < 1.29 is 23.9 Å². The first-order chi connectivity index (χ1) is 18.3. The lowest BCUT2D eigenvalue weighted by molar-refractivity contribution is -0.142. The van der Waals surface area contributed by atoms with Gasteiger partial charge in [0.25, 0.3) is 0 Å². The molecular weight excluding hydrogens is 515 g/mol. The molecule has 206 valence electrons. The van der Waals surface area contributed by atoms with E-state index in [-0.39, 0.29) is 24.7 Å². The van der Waals surface area contributed by atoms with Crippen LogP contribution in [-0.2, 0) is 20.8 Å². The fourth-order valence-corrected chi connectivity index (χ4v) is 4.37. The van der Waals surface area contributed by atoms with E-state index in [4.69, 9.17) is 17.3 Å². The smallest absolute Gasteiger partial charge is 0.326 e. The molecule has 1 heterocycles. The Morgan fingerprint density at radius 1 is 1.11 bits per heavy atom. The Labute approximate surface area is 225 Å². The lowest BCUT2D eigenvalue weighted by Gasteiger charge is -2.24. The van der Waals surface area contributed by atoms with Crippen LogP contribution in [0.5, 0.6) is 0 Å². The molecule has 3 atom stereocenters. The van der Waals surface area contributed by atoms with Gasteiger partial charge in [0, 0.05) is 29.6 Å². The van der Waals surface area contributed by atoms with E-state index < -0.39 is 29.9 Å². The maximum absolute atomic E-state index is 14.3. The van der Waals surface area contributed by atoms with Gasteiger partial charge < -0.3 is 21.5 Å². The number of hydrogen-bond donors (Lipinski definition) is 7. The average Bonchev–Trinajstić information content (AvgIpc) is 3.43. The van der Waals surface area contributed by atoms with Crippen LogP contribution in [0.15, 0.2) is 42.5 Å². The number of benzene rings is 2. The van der Waals surface area contributed by atoms with E-state index in [9.17, 15) is 23.9 Å². The van der Waals surface area contributed by atoms with Crippen LogP contribution in [0.25, 0.3) is 11.1 Å². The highest BCUT2D eigenvalue weighted by atomic mass is 35.5. The van der Waals surface area contributed by atoms with Crippen molar-refractivity contribution in [2.75, 3.05) is 13.1 Å². The van der Waals surface area contributed by atoms with E-state index >= 15 is 0 Å². The molecule has 1 fully saturated rings. The molecular formula is C26H34ClFN6O4. The summed E-state index contributed by atoms with van der Waals surface area (Å²) in [7, 11) is 0. The maximum Gasteiger partial charge on any atom is 0.326 e. The van der Waals surface area contributed by atoms with Crippen LogP contribution in [-0.4, -0.2) is 54.1 Å². The molecule has 1 unspecified atom stereocenters. The highest BCUT2D eigenvalue weighted by Gasteiger charge is 2.29. The Morgan fingerprint density at radius 2 is 1.87 bits per heavy atom. The molecule has 0 spiro atoms. The minimum absolute atomic E-state index is 0.0200. The predicted octanol–water partition coefficient (Wildman–Crippen LogP) is 1.63. The third-order valence-electron chi connectivity index (χ3n) is 6.24. The zero-order chi connectivity index (χ0) is 27.5. The predicted molar refractivity (Wildman–Crippen MR) is 142 cm³/mol. The molecule has 2 aromatic carbocycles. The number of hydrogen-bond acceptors (Lipinski definition) is 7. The van der Waals surface area contributed by atoms with Crippen LogP contribution in [0, 0.1) is 5.82 Å². The van der Waals surface area contributed by atoms with E-state index in [1.54, 1.807) is 30.3 Å². The van der Waals surface area contributed by atoms with E-state index in [1.165, 1.54) is 12.1 Å². The molecule has 2 aromatic rings. The van der Waals surface area contributed by atoms with Gasteiger partial charge in [-0.05, 0) is 61.6 Å². The molecule has 8 N–H and O–H groups in total. The fourth-order valence-electron chi connectivity index (χ4n) is 4.20. The van der Waals surface area contributed by atoms with E-state index in [1.807, 2.05) is 0 Å². The van der Waals surface area contributed by atoms with E-state index in [2.05, 4.69) is 27.0 Å². The van der Waals surface area contributed by atoms with Gasteiger partial charge in [-0.15, -0.1) is 0 Å². The second kappa shape index (κ2) is 14.7. The van der Waals surface area contributed by atoms with Crippen LogP contribution < -0.4 is 32.8 Å². The van der Waals surface area contributed by atoms with Gasteiger partial charge in [-0.25, -0.2) is 20.0 Å². The number of unbranched alkanes of at least 4 members (excludes halogenated alkanes) is 2. The fraction of sp³-hybridized carbons (Fsp3) is 0.423.